The summed E-state index contributed by atoms with van der Waals surface area (Å²) in [6.07, 6.45) is 1.82. The third-order valence-electron chi connectivity index (χ3n) is 1.74. The topological polar surface area (TPSA) is 82.9 Å². The van der Waals surface area contributed by atoms with Crippen LogP contribution in [-0.2, 0) is 10.0 Å². The van der Waals surface area contributed by atoms with Gasteiger partial charge in [0.25, 0.3) is 10.0 Å². The van der Waals surface area contributed by atoms with Gasteiger partial charge in [0, 0.05) is 19.2 Å². The van der Waals surface area contributed by atoms with E-state index in [-0.39, 0.29) is 13.0 Å². The van der Waals surface area contributed by atoms with E-state index in [4.69, 9.17) is 5.26 Å². The zero-order chi connectivity index (χ0) is 12.0. The van der Waals surface area contributed by atoms with Gasteiger partial charge in [0.05, 0.1) is 6.07 Å². The highest BCUT2D eigenvalue weighted by molar-refractivity contribution is 7.89. The SMILES string of the molecule is N#CCCCNS(=O)(=O)c1ncccc1F. The molecular weight excluding hydrogens is 233 g/mol. The van der Waals surface area contributed by atoms with Gasteiger partial charge < -0.3 is 0 Å². The van der Waals surface area contributed by atoms with E-state index >= 15 is 0 Å². The number of pyridine rings is 1. The molecule has 0 aliphatic carbocycles. The highest BCUT2D eigenvalue weighted by atomic mass is 32.2. The molecule has 5 nitrogen and oxygen atoms in total. The molecule has 0 atom stereocenters. The summed E-state index contributed by atoms with van der Waals surface area (Å²) in [4.78, 5) is 3.46. The van der Waals surface area contributed by atoms with E-state index in [9.17, 15) is 12.8 Å². The summed E-state index contributed by atoms with van der Waals surface area (Å²) < 4.78 is 38.3. The molecule has 0 saturated carbocycles. The normalized spacial score (nSPS) is 11.0. The van der Waals surface area contributed by atoms with Crippen LogP contribution in [0.5, 0.6) is 0 Å². The molecule has 1 aromatic heterocycles. The molecule has 1 aromatic rings. The molecule has 0 aliphatic rings. The number of rotatable bonds is 5. The molecule has 16 heavy (non-hydrogen) atoms. The molecule has 7 heteroatoms. The van der Waals surface area contributed by atoms with Crippen molar-refractivity contribution in [2.24, 2.45) is 0 Å². The Kier molecular flexibility index (Phi) is 4.34. The second-order valence-corrected chi connectivity index (χ2v) is 4.63. The fourth-order valence-corrected chi connectivity index (χ4v) is 2.09. The predicted octanol–water partition coefficient (Wildman–Crippen LogP) is 0.803. The zero-order valence-corrected chi connectivity index (χ0v) is 9.17. The summed E-state index contributed by atoms with van der Waals surface area (Å²) in [5.41, 5.74) is 0. The average Bonchev–Trinajstić information content (AvgIpc) is 2.25. The molecule has 86 valence electrons. The minimum atomic E-state index is -3.92. The van der Waals surface area contributed by atoms with Crippen LogP contribution in [0, 0.1) is 17.1 Å². The van der Waals surface area contributed by atoms with Crippen molar-refractivity contribution in [2.45, 2.75) is 17.9 Å². The molecule has 0 bridgehead atoms. The fraction of sp³-hybridized carbons (Fsp3) is 0.333. The molecule has 0 spiro atoms. The Balaban J connectivity index is 2.72. The maximum Gasteiger partial charge on any atom is 0.261 e. The average molecular weight is 243 g/mol. The first-order chi connectivity index (χ1) is 7.58. The first-order valence-electron chi connectivity index (χ1n) is 4.55. The van der Waals surface area contributed by atoms with Crippen molar-refractivity contribution >= 4 is 10.0 Å². The summed E-state index contributed by atoms with van der Waals surface area (Å²) >= 11 is 0. The number of unbranched alkanes of at least 4 members (excludes halogenated alkanes) is 1. The molecule has 0 radical (unpaired) electrons. The lowest BCUT2D eigenvalue weighted by molar-refractivity contribution is 0.543. The second kappa shape index (κ2) is 5.53. The number of aromatic nitrogens is 1. The lowest BCUT2D eigenvalue weighted by atomic mass is 10.3. The minimum absolute atomic E-state index is 0.0892. The molecular formula is C9H10FN3O2S. The summed E-state index contributed by atoms with van der Waals surface area (Å²) in [5.74, 6) is -0.893. The van der Waals surface area contributed by atoms with Crippen LogP contribution in [0.25, 0.3) is 0 Å². The highest BCUT2D eigenvalue weighted by Crippen LogP contribution is 2.09. The highest BCUT2D eigenvalue weighted by Gasteiger charge is 2.19. The number of nitrogens with zero attached hydrogens (tertiary/aromatic N) is 2. The first kappa shape index (κ1) is 12.5. The number of hydrogen-bond donors (Lipinski definition) is 1. The molecule has 0 fully saturated rings. The van der Waals surface area contributed by atoms with Crippen LogP contribution in [-0.4, -0.2) is 19.9 Å². The molecule has 1 rings (SSSR count). The van der Waals surface area contributed by atoms with Crippen LogP contribution in [0.3, 0.4) is 0 Å². The monoisotopic (exact) mass is 243 g/mol. The van der Waals surface area contributed by atoms with Gasteiger partial charge >= 0.3 is 0 Å². The Labute approximate surface area is 93.0 Å². The largest absolute Gasteiger partial charge is 0.261 e. The molecule has 1 N–H and O–H groups in total. The van der Waals surface area contributed by atoms with Crippen molar-refractivity contribution in [3.63, 3.8) is 0 Å². The zero-order valence-electron chi connectivity index (χ0n) is 8.35. The van der Waals surface area contributed by atoms with Crippen LogP contribution in [0.1, 0.15) is 12.8 Å². The third-order valence-corrected chi connectivity index (χ3v) is 3.13. The van der Waals surface area contributed by atoms with Crippen molar-refractivity contribution in [3.05, 3.63) is 24.1 Å². The van der Waals surface area contributed by atoms with E-state index in [0.717, 1.165) is 6.07 Å². The Morgan fingerprint density at radius 2 is 2.31 bits per heavy atom. The predicted molar refractivity (Wildman–Crippen MR) is 54.2 cm³/mol. The molecule has 0 aromatic carbocycles. The van der Waals surface area contributed by atoms with E-state index in [0.29, 0.717) is 6.42 Å². The van der Waals surface area contributed by atoms with Gasteiger partial charge in [-0.1, -0.05) is 0 Å². The van der Waals surface area contributed by atoms with E-state index < -0.39 is 20.9 Å². The van der Waals surface area contributed by atoms with Gasteiger partial charge in [-0.05, 0) is 18.6 Å². The van der Waals surface area contributed by atoms with Crippen molar-refractivity contribution in [3.8, 4) is 6.07 Å². The Morgan fingerprint density at radius 3 is 2.94 bits per heavy atom. The summed E-state index contributed by atoms with van der Waals surface area (Å²) in [7, 11) is -3.92. The van der Waals surface area contributed by atoms with Gasteiger partial charge in [-0.2, -0.15) is 5.26 Å². The van der Waals surface area contributed by atoms with Crippen LogP contribution in [0.4, 0.5) is 4.39 Å². The second-order valence-electron chi connectivity index (χ2n) is 2.95. The van der Waals surface area contributed by atoms with Gasteiger partial charge in [0.1, 0.15) is 0 Å². The van der Waals surface area contributed by atoms with E-state index in [1.165, 1.54) is 12.3 Å². The number of nitriles is 1. The Hall–Kier alpha value is -1.52. The van der Waals surface area contributed by atoms with Gasteiger partial charge in [-0.15, -0.1) is 0 Å². The Bertz CT molecular complexity index is 496. The van der Waals surface area contributed by atoms with E-state index in [1.807, 2.05) is 6.07 Å². The number of sulfonamides is 1. The molecule has 0 unspecified atom stereocenters. The third kappa shape index (κ3) is 3.25. The quantitative estimate of drug-likeness (QED) is 0.775. The van der Waals surface area contributed by atoms with Crippen molar-refractivity contribution in [1.29, 1.82) is 5.26 Å². The smallest absolute Gasteiger partial charge is 0.241 e. The van der Waals surface area contributed by atoms with Gasteiger partial charge in [-0.25, -0.2) is 22.5 Å². The number of nitrogens with one attached hydrogen (secondary N) is 1. The standard InChI is InChI=1S/C9H10FN3O2S/c10-8-4-3-6-12-9(8)16(14,15)13-7-2-1-5-11/h3-4,6,13H,1-2,7H2. The van der Waals surface area contributed by atoms with Crippen molar-refractivity contribution < 1.29 is 12.8 Å². The lowest BCUT2D eigenvalue weighted by Crippen LogP contribution is -2.26. The number of hydrogen-bond acceptors (Lipinski definition) is 4. The molecule has 0 aliphatic heterocycles. The molecule has 0 amide bonds. The minimum Gasteiger partial charge on any atom is -0.241 e. The summed E-state index contributed by atoms with van der Waals surface area (Å²) in [6, 6.07) is 4.21. The lowest BCUT2D eigenvalue weighted by Gasteiger charge is -2.04. The Morgan fingerprint density at radius 1 is 1.56 bits per heavy atom. The van der Waals surface area contributed by atoms with Crippen LogP contribution in [0.2, 0.25) is 0 Å². The first-order valence-corrected chi connectivity index (χ1v) is 6.03. The summed E-state index contributed by atoms with van der Waals surface area (Å²) in [6.45, 7) is 0.0892. The van der Waals surface area contributed by atoms with Crippen LogP contribution < -0.4 is 4.72 Å². The van der Waals surface area contributed by atoms with Gasteiger partial charge in [-0.3, -0.25) is 0 Å². The van der Waals surface area contributed by atoms with E-state index in [2.05, 4.69) is 9.71 Å². The fourth-order valence-electron chi connectivity index (χ4n) is 1.01. The maximum atomic E-state index is 13.1. The van der Waals surface area contributed by atoms with Gasteiger partial charge in [0.2, 0.25) is 5.03 Å². The number of halogens is 1. The molecule has 1 heterocycles. The van der Waals surface area contributed by atoms with Crippen LogP contribution in [0.15, 0.2) is 23.4 Å². The van der Waals surface area contributed by atoms with Crippen molar-refractivity contribution in [1.82, 2.24) is 9.71 Å². The molecule has 0 saturated heterocycles. The maximum absolute atomic E-state index is 13.1. The van der Waals surface area contributed by atoms with Crippen molar-refractivity contribution in [2.75, 3.05) is 6.54 Å². The van der Waals surface area contributed by atoms with Crippen LogP contribution >= 0.6 is 0 Å². The van der Waals surface area contributed by atoms with E-state index in [1.54, 1.807) is 0 Å². The summed E-state index contributed by atoms with van der Waals surface area (Å²) in [5, 5.41) is 7.64. The van der Waals surface area contributed by atoms with Gasteiger partial charge in [0.15, 0.2) is 5.82 Å².